The summed E-state index contributed by atoms with van der Waals surface area (Å²) in [7, 11) is 0. The van der Waals surface area contributed by atoms with Crippen molar-refractivity contribution in [3.05, 3.63) is 11.6 Å². The van der Waals surface area contributed by atoms with E-state index in [0.717, 1.165) is 0 Å². The van der Waals surface area contributed by atoms with Crippen molar-refractivity contribution in [3.8, 4) is 0 Å². The Morgan fingerprint density at radius 1 is 1.05 bits per heavy atom. The Labute approximate surface area is 228 Å². The molecule has 39 heavy (non-hydrogen) atoms. The maximum absolute atomic E-state index is 12.5. The molecule has 0 aromatic rings. The van der Waals surface area contributed by atoms with Crippen LogP contribution in [0.1, 0.15) is 73.1 Å². The molecule has 10 nitrogen and oxygen atoms in total. The lowest BCUT2D eigenvalue weighted by molar-refractivity contribution is -0.254. The van der Waals surface area contributed by atoms with Crippen LogP contribution in [0.2, 0.25) is 0 Å². The van der Waals surface area contributed by atoms with E-state index in [0.29, 0.717) is 24.8 Å². The molecule has 13 atom stereocenters. The molecule has 218 valence electrons. The average Bonchev–Trinajstić information content (AvgIpc) is 3.41. The predicted molar refractivity (Wildman–Crippen MR) is 135 cm³/mol. The molecule has 5 N–H and O–H groups in total. The van der Waals surface area contributed by atoms with Crippen LogP contribution in [-0.4, -0.2) is 90.4 Å². The minimum atomic E-state index is -1.67. The van der Waals surface area contributed by atoms with Gasteiger partial charge in [0.1, 0.15) is 23.4 Å². The second-order valence-electron chi connectivity index (χ2n) is 14.1. The highest BCUT2D eigenvalue weighted by Gasteiger charge is 2.77. The summed E-state index contributed by atoms with van der Waals surface area (Å²) in [6, 6.07) is 0. The van der Waals surface area contributed by atoms with Crippen molar-refractivity contribution < 1.29 is 49.3 Å². The molecule has 0 bridgehead atoms. The van der Waals surface area contributed by atoms with Gasteiger partial charge in [-0.05, 0) is 70.8 Å². The van der Waals surface area contributed by atoms with Gasteiger partial charge in [-0.1, -0.05) is 13.8 Å². The van der Waals surface area contributed by atoms with Crippen molar-refractivity contribution >= 4 is 11.9 Å². The first-order valence-corrected chi connectivity index (χ1v) is 14.3. The molecule has 3 heterocycles. The van der Waals surface area contributed by atoms with Crippen molar-refractivity contribution in [1.82, 2.24) is 0 Å². The van der Waals surface area contributed by atoms with Gasteiger partial charge in [-0.25, -0.2) is 9.59 Å². The van der Waals surface area contributed by atoms with Crippen molar-refractivity contribution in [2.75, 3.05) is 0 Å². The van der Waals surface area contributed by atoms with Crippen LogP contribution in [-0.2, 0) is 23.8 Å². The lowest BCUT2D eigenvalue weighted by Gasteiger charge is -2.59. The molecule has 3 saturated carbocycles. The van der Waals surface area contributed by atoms with Crippen LogP contribution in [0.15, 0.2) is 11.6 Å². The van der Waals surface area contributed by atoms with Crippen LogP contribution >= 0.6 is 0 Å². The van der Waals surface area contributed by atoms with E-state index in [1.807, 2.05) is 27.7 Å². The molecular formula is C29H42O10. The smallest absolute Gasteiger partial charge is 0.338 e. The van der Waals surface area contributed by atoms with E-state index in [4.69, 9.17) is 14.2 Å². The number of esters is 2. The first-order chi connectivity index (χ1) is 18.0. The van der Waals surface area contributed by atoms with Gasteiger partial charge in [-0.15, -0.1) is 0 Å². The number of hydrogen-bond donors (Lipinski definition) is 5. The van der Waals surface area contributed by atoms with Crippen molar-refractivity contribution in [2.45, 2.75) is 126 Å². The summed E-state index contributed by atoms with van der Waals surface area (Å²) < 4.78 is 17.4. The number of ether oxygens (including phenoxy) is 3. The molecule has 10 heteroatoms. The summed E-state index contributed by atoms with van der Waals surface area (Å²) in [5, 5.41) is 58.2. The van der Waals surface area contributed by atoms with Crippen LogP contribution in [0.5, 0.6) is 0 Å². The third-order valence-corrected chi connectivity index (χ3v) is 12.0. The monoisotopic (exact) mass is 550 g/mol. The fourth-order valence-electron chi connectivity index (χ4n) is 9.99. The Hall–Kier alpha value is -1.56. The highest BCUT2D eigenvalue weighted by molar-refractivity contribution is 5.90. The fraction of sp³-hybridized carbons (Fsp3) is 0.862. The largest absolute Gasteiger partial charge is 0.454 e. The summed E-state index contributed by atoms with van der Waals surface area (Å²) in [5.74, 6) is -3.01. The van der Waals surface area contributed by atoms with Crippen molar-refractivity contribution in [3.63, 3.8) is 0 Å². The number of aliphatic hydroxyl groups excluding tert-OH is 3. The quantitative estimate of drug-likeness (QED) is 0.317. The van der Waals surface area contributed by atoms with Gasteiger partial charge in [0, 0.05) is 29.2 Å². The Kier molecular flexibility index (Phi) is 5.85. The van der Waals surface area contributed by atoms with Gasteiger partial charge < -0.3 is 39.7 Å². The molecule has 2 saturated heterocycles. The number of carbonyl (C=O) groups is 2. The van der Waals surface area contributed by atoms with E-state index in [1.54, 1.807) is 13.0 Å². The van der Waals surface area contributed by atoms with Gasteiger partial charge in [0.05, 0.1) is 23.4 Å². The SMILES string of the molecule is CC1=C[C@@H]([C@@H](O)[C@@H](C)[C@H]2C[C@H](O)[C@]3(O)[C@@H]4CC[C@H]5C(C)(C)O[C@@H]6[C@@H](O)C(=O)O[C@@]65C[C@@]4(O)CC[C@]23C)OC1=O. The Bertz CT molecular complexity index is 1120. The zero-order chi connectivity index (χ0) is 28.5. The molecule has 0 amide bonds. The lowest BCUT2D eigenvalue weighted by Crippen LogP contribution is -2.67. The normalized spacial score (nSPS) is 53.5. The van der Waals surface area contributed by atoms with Crippen LogP contribution < -0.4 is 0 Å². The third kappa shape index (κ3) is 3.36. The summed E-state index contributed by atoms with van der Waals surface area (Å²) in [5.41, 5.74) is -5.52. The van der Waals surface area contributed by atoms with Crippen LogP contribution in [0.4, 0.5) is 0 Å². The molecule has 5 fully saturated rings. The number of aliphatic hydroxyl groups is 5. The first kappa shape index (κ1) is 27.6. The highest BCUT2D eigenvalue weighted by atomic mass is 16.6. The second-order valence-corrected chi connectivity index (χ2v) is 14.1. The summed E-state index contributed by atoms with van der Waals surface area (Å²) in [6.07, 6.45) is -2.01. The molecule has 3 aliphatic carbocycles. The maximum atomic E-state index is 12.5. The van der Waals surface area contributed by atoms with Crippen LogP contribution in [0, 0.1) is 29.1 Å². The summed E-state index contributed by atoms with van der Waals surface area (Å²) in [4.78, 5) is 24.5. The molecule has 0 aromatic heterocycles. The van der Waals surface area contributed by atoms with Crippen LogP contribution in [0.25, 0.3) is 0 Å². The first-order valence-electron chi connectivity index (χ1n) is 14.3. The zero-order valence-electron chi connectivity index (χ0n) is 23.3. The molecule has 6 aliphatic rings. The van der Waals surface area contributed by atoms with E-state index >= 15 is 0 Å². The van der Waals surface area contributed by atoms with E-state index < -0.39 is 82.1 Å². The molecule has 3 aliphatic heterocycles. The Balaban J connectivity index is 1.34. The minimum Gasteiger partial charge on any atom is -0.454 e. The van der Waals surface area contributed by atoms with Crippen molar-refractivity contribution in [2.24, 2.45) is 29.1 Å². The lowest BCUT2D eigenvalue weighted by atomic mass is 9.50. The number of fused-ring (bicyclic) bond motifs is 3. The number of hydrogen-bond acceptors (Lipinski definition) is 10. The molecular weight excluding hydrogens is 508 g/mol. The van der Waals surface area contributed by atoms with E-state index in [-0.39, 0.29) is 31.1 Å². The maximum Gasteiger partial charge on any atom is 0.338 e. The van der Waals surface area contributed by atoms with Gasteiger partial charge in [-0.3, -0.25) is 0 Å². The Morgan fingerprint density at radius 3 is 2.36 bits per heavy atom. The average molecular weight is 551 g/mol. The molecule has 0 radical (unpaired) electrons. The molecule has 6 rings (SSSR count). The van der Waals surface area contributed by atoms with E-state index in [1.165, 1.54) is 0 Å². The van der Waals surface area contributed by atoms with E-state index in [9.17, 15) is 35.1 Å². The topological polar surface area (TPSA) is 163 Å². The third-order valence-electron chi connectivity index (χ3n) is 12.0. The van der Waals surface area contributed by atoms with Gasteiger partial charge in [0.15, 0.2) is 6.10 Å². The standard InChI is InChI=1S/C29H42O10/c1-13-10-16(37-23(13)33)20(31)14(2)15-11-19(30)29(36)18-7-6-17-25(3,4)38-22-21(32)24(34)39-28(17,22)12-27(18,35)9-8-26(15,29)5/h10,14-22,30-32,35-36H,6-9,11-12H2,1-5H3/t14-,15+,16-,17-,18+,19-,20-,21+,22+,26+,27-,28+,29+/m0/s1. The zero-order valence-corrected chi connectivity index (χ0v) is 23.3. The second kappa shape index (κ2) is 8.26. The minimum absolute atomic E-state index is 0.00226. The Morgan fingerprint density at radius 2 is 1.72 bits per heavy atom. The molecule has 1 spiro atoms. The molecule has 0 aromatic carbocycles. The molecule has 0 unspecified atom stereocenters. The number of rotatable bonds is 3. The van der Waals surface area contributed by atoms with E-state index in [2.05, 4.69) is 0 Å². The number of carbonyl (C=O) groups excluding carboxylic acids is 2. The van der Waals surface area contributed by atoms with Crippen molar-refractivity contribution in [1.29, 1.82) is 0 Å². The van der Waals surface area contributed by atoms with Gasteiger partial charge in [-0.2, -0.15) is 0 Å². The van der Waals surface area contributed by atoms with Gasteiger partial charge >= 0.3 is 11.9 Å². The predicted octanol–water partition coefficient (Wildman–Crippen LogP) is 0.748. The summed E-state index contributed by atoms with van der Waals surface area (Å²) >= 11 is 0. The van der Waals surface area contributed by atoms with Crippen LogP contribution in [0.3, 0.4) is 0 Å². The highest BCUT2D eigenvalue weighted by Crippen LogP contribution is 2.69. The fourth-order valence-corrected chi connectivity index (χ4v) is 9.99. The van der Waals surface area contributed by atoms with Gasteiger partial charge in [0.25, 0.3) is 0 Å². The number of cyclic esters (lactones) is 1. The summed E-state index contributed by atoms with van der Waals surface area (Å²) in [6.45, 7) is 9.21. The van der Waals surface area contributed by atoms with Gasteiger partial charge in [0.2, 0.25) is 0 Å².